The number of fused-ring (bicyclic) bond motifs is 1. The van der Waals surface area contributed by atoms with Gasteiger partial charge in [0, 0.05) is 22.8 Å². The fraction of sp³-hybridized carbons (Fsp3) is 0.667. The van der Waals surface area contributed by atoms with E-state index in [0.717, 1.165) is 36.3 Å². The quantitative estimate of drug-likeness (QED) is 0.756. The second kappa shape index (κ2) is 5.76. The van der Waals surface area contributed by atoms with Gasteiger partial charge in [-0.2, -0.15) is 11.8 Å². The van der Waals surface area contributed by atoms with E-state index in [1.54, 1.807) is 11.8 Å². The molecule has 0 aromatic heterocycles. The van der Waals surface area contributed by atoms with Crippen molar-refractivity contribution in [2.75, 3.05) is 17.3 Å². The molecule has 2 heterocycles. The molecule has 2 aliphatic carbocycles. The third kappa shape index (κ3) is 2.29. The lowest BCUT2D eigenvalue weighted by atomic mass is 9.69. The second-order valence-electron chi connectivity index (χ2n) is 9.42. The molecule has 2 aliphatic heterocycles. The molecule has 0 radical (unpaired) electrons. The first kappa shape index (κ1) is 18.0. The third-order valence-electron chi connectivity index (χ3n) is 8.25. The van der Waals surface area contributed by atoms with Gasteiger partial charge in [-0.15, -0.1) is 0 Å². The number of amides is 1. The van der Waals surface area contributed by atoms with Crippen molar-refractivity contribution < 1.29 is 13.2 Å². The number of hydrogen-bond acceptors (Lipinski definition) is 4. The molecule has 5 rings (SSSR count). The van der Waals surface area contributed by atoms with Crippen LogP contribution in [0.4, 0.5) is 0 Å². The van der Waals surface area contributed by atoms with Gasteiger partial charge in [0.1, 0.15) is 0 Å². The van der Waals surface area contributed by atoms with E-state index in [-0.39, 0.29) is 40.4 Å². The van der Waals surface area contributed by atoms with Crippen molar-refractivity contribution in [3.8, 4) is 0 Å². The normalized spacial score (nSPS) is 41.0. The summed E-state index contributed by atoms with van der Waals surface area (Å²) < 4.78 is 27.7. The van der Waals surface area contributed by atoms with Crippen LogP contribution in [0.2, 0.25) is 0 Å². The molecular weight excluding hydrogens is 378 g/mol. The summed E-state index contributed by atoms with van der Waals surface area (Å²) in [5.74, 6) is 2.05. The number of hydrogen-bond donors (Lipinski definition) is 0. The lowest BCUT2D eigenvalue weighted by molar-refractivity contribution is -0.132. The highest BCUT2D eigenvalue weighted by Gasteiger charge is 2.72. The van der Waals surface area contributed by atoms with Crippen molar-refractivity contribution in [2.24, 2.45) is 22.7 Å². The second-order valence-corrected chi connectivity index (χ2v) is 12.3. The third-order valence-corrected chi connectivity index (χ3v) is 11.4. The van der Waals surface area contributed by atoms with Gasteiger partial charge in [-0.25, -0.2) is 12.7 Å². The van der Waals surface area contributed by atoms with Crippen LogP contribution < -0.4 is 0 Å². The number of thioether (sulfide) groups is 1. The maximum Gasteiger partial charge on any atom is 0.240 e. The molecule has 0 unspecified atom stereocenters. The van der Waals surface area contributed by atoms with Gasteiger partial charge >= 0.3 is 0 Å². The molecule has 5 atom stereocenters. The average molecular weight is 406 g/mol. The van der Waals surface area contributed by atoms with Gasteiger partial charge in [-0.1, -0.05) is 44.2 Å². The molecule has 2 saturated heterocycles. The predicted molar refractivity (Wildman–Crippen MR) is 108 cm³/mol. The van der Waals surface area contributed by atoms with Crippen molar-refractivity contribution in [3.63, 3.8) is 0 Å². The van der Waals surface area contributed by atoms with Crippen molar-refractivity contribution in [1.82, 2.24) is 4.31 Å². The van der Waals surface area contributed by atoms with Gasteiger partial charge in [0.2, 0.25) is 15.9 Å². The van der Waals surface area contributed by atoms with E-state index >= 15 is 0 Å². The molecule has 6 heteroatoms. The van der Waals surface area contributed by atoms with Crippen LogP contribution in [0, 0.1) is 22.7 Å². The van der Waals surface area contributed by atoms with E-state index in [4.69, 9.17) is 0 Å². The smallest absolute Gasteiger partial charge is 0.240 e. The number of nitrogens with zero attached hydrogens (tertiary/aromatic N) is 1. The van der Waals surface area contributed by atoms with Gasteiger partial charge < -0.3 is 0 Å². The van der Waals surface area contributed by atoms with Crippen molar-refractivity contribution >= 4 is 27.7 Å². The fourth-order valence-corrected chi connectivity index (χ4v) is 10.6. The first-order valence-corrected chi connectivity index (χ1v) is 12.7. The predicted octanol–water partition coefficient (Wildman–Crippen LogP) is 3.50. The first-order valence-electron chi connectivity index (χ1n) is 9.96. The van der Waals surface area contributed by atoms with Crippen LogP contribution in [-0.2, 0) is 14.8 Å². The monoisotopic (exact) mass is 405 g/mol. The van der Waals surface area contributed by atoms with Crippen LogP contribution >= 0.6 is 11.8 Å². The van der Waals surface area contributed by atoms with Crippen molar-refractivity contribution in [1.29, 1.82) is 0 Å². The van der Waals surface area contributed by atoms with E-state index in [2.05, 4.69) is 26.0 Å². The van der Waals surface area contributed by atoms with Crippen molar-refractivity contribution in [3.05, 3.63) is 35.9 Å². The highest BCUT2D eigenvalue weighted by atomic mass is 32.2. The van der Waals surface area contributed by atoms with E-state index < -0.39 is 10.0 Å². The summed E-state index contributed by atoms with van der Waals surface area (Å²) in [6.45, 7) is 4.46. The molecule has 4 nitrogen and oxygen atoms in total. The molecule has 4 fully saturated rings. The Morgan fingerprint density at radius 1 is 1.19 bits per heavy atom. The molecule has 146 valence electrons. The summed E-state index contributed by atoms with van der Waals surface area (Å²) in [6, 6.07) is 9.99. The standard InChI is InChI=1S/C21H27NO3S2/c1-20(2)15-8-9-21(20)13-27(24,25)22(18(21)10-15)19(23)17-12-26-11-16(17)14-6-4-3-5-7-14/h3-7,15-18H,8-13H2,1-2H3/t15-,16+,17-,18-,21-/m1/s1. The Kier molecular flexibility index (Phi) is 3.85. The Balaban J connectivity index is 1.50. The van der Waals surface area contributed by atoms with Crippen LogP contribution in [0.15, 0.2) is 30.3 Å². The lowest BCUT2D eigenvalue weighted by Gasteiger charge is -2.37. The highest BCUT2D eigenvalue weighted by molar-refractivity contribution is 7.99. The maximum absolute atomic E-state index is 13.6. The largest absolute Gasteiger partial charge is 0.273 e. The average Bonchev–Trinajstić information content (AvgIpc) is 3.31. The SMILES string of the molecule is CC1(C)[C@@H]2CC[C@]13CS(=O)(=O)N(C(=O)[C@@H]1CSC[C@H]1c1ccccc1)[C@@H]3C2. The summed E-state index contributed by atoms with van der Waals surface area (Å²) in [5.41, 5.74) is 0.920. The van der Waals surface area contributed by atoms with Gasteiger partial charge in [0.15, 0.2) is 0 Å². The Morgan fingerprint density at radius 3 is 2.63 bits per heavy atom. The fourth-order valence-electron chi connectivity index (χ4n) is 6.57. The van der Waals surface area contributed by atoms with Crippen LogP contribution in [-0.4, -0.2) is 41.9 Å². The molecule has 4 aliphatic rings. The molecule has 1 aromatic carbocycles. The summed E-state index contributed by atoms with van der Waals surface area (Å²) in [6.07, 6.45) is 2.90. The Labute approximate surface area is 166 Å². The van der Waals surface area contributed by atoms with E-state index in [1.807, 2.05) is 18.2 Å². The van der Waals surface area contributed by atoms with Crippen LogP contribution in [0.25, 0.3) is 0 Å². The first-order chi connectivity index (χ1) is 12.8. The topological polar surface area (TPSA) is 54.5 Å². The minimum Gasteiger partial charge on any atom is -0.273 e. The van der Waals surface area contributed by atoms with E-state index in [0.29, 0.717) is 5.92 Å². The minimum absolute atomic E-state index is 0.00300. The molecule has 2 bridgehead atoms. The molecule has 1 spiro atoms. The molecule has 27 heavy (non-hydrogen) atoms. The van der Waals surface area contributed by atoms with E-state index in [9.17, 15) is 13.2 Å². The number of carbonyl (C=O) groups is 1. The molecule has 1 aromatic rings. The van der Waals surface area contributed by atoms with Crippen molar-refractivity contribution in [2.45, 2.75) is 45.1 Å². The molecule has 0 N–H and O–H groups in total. The Morgan fingerprint density at radius 2 is 1.93 bits per heavy atom. The van der Waals surface area contributed by atoms with Gasteiger partial charge in [0.05, 0.1) is 17.7 Å². The van der Waals surface area contributed by atoms with Gasteiger partial charge in [-0.3, -0.25) is 4.79 Å². The van der Waals surface area contributed by atoms with Gasteiger partial charge in [0.25, 0.3) is 0 Å². The molecule has 2 saturated carbocycles. The number of benzene rings is 1. The zero-order valence-corrected chi connectivity index (χ0v) is 17.6. The van der Waals surface area contributed by atoms with Crippen LogP contribution in [0.3, 0.4) is 0 Å². The number of rotatable bonds is 2. The summed E-state index contributed by atoms with van der Waals surface area (Å²) in [4.78, 5) is 13.6. The minimum atomic E-state index is -3.53. The van der Waals surface area contributed by atoms with Crippen LogP contribution in [0.1, 0.15) is 44.6 Å². The summed E-state index contributed by atoms with van der Waals surface area (Å²) in [5, 5.41) is 0. The highest BCUT2D eigenvalue weighted by Crippen LogP contribution is 2.70. The zero-order valence-electron chi connectivity index (χ0n) is 15.9. The van der Waals surface area contributed by atoms with Crippen LogP contribution in [0.5, 0.6) is 0 Å². The zero-order chi connectivity index (χ0) is 19.0. The van der Waals surface area contributed by atoms with E-state index in [1.165, 1.54) is 4.31 Å². The molecular formula is C21H27NO3S2. The van der Waals surface area contributed by atoms with Gasteiger partial charge in [-0.05, 0) is 36.2 Å². The lowest BCUT2D eigenvalue weighted by Crippen LogP contribution is -2.47. The maximum atomic E-state index is 13.6. The Hall–Kier alpha value is -1.01. The summed E-state index contributed by atoms with van der Waals surface area (Å²) in [7, 11) is -3.53. The molecule has 1 amide bonds. The number of sulfonamides is 1. The number of carbonyl (C=O) groups excluding carboxylic acids is 1. The summed E-state index contributed by atoms with van der Waals surface area (Å²) >= 11 is 1.77. The Bertz CT molecular complexity index is 882.